The quantitative estimate of drug-likeness (QED) is 0.0539. The molecule has 0 heterocycles. The van der Waals surface area contributed by atoms with Crippen molar-refractivity contribution < 1.29 is 39.7 Å². The number of rotatable bonds is 20. The average Bonchev–Trinajstić information content (AvgIpc) is 3.29. The van der Waals surface area contributed by atoms with Gasteiger partial charge in [-0.15, -0.1) is 0 Å². The number of aromatic hydroxyl groups is 1. The zero-order chi connectivity index (χ0) is 59.3. The Morgan fingerprint density at radius 3 is 1.08 bits per heavy atom. The van der Waals surface area contributed by atoms with Crippen molar-refractivity contribution in [1.82, 2.24) is 0 Å². The molecule has 4 aromatic carbocycles. The van der Waals surface area contributed by atoms with Crippen LogP contribution in [0.3, 0.4) is 0 Å². The smallest absolute Gasteiger partial charge is 0.508 e. The molecule has 77 heavy (non-hydrogen) atoms. The number of aryl methyl sites for hydroxylation is 6. The van der Waals surface area contributed by atoms with Crippen LogP contribution < -0.4 is 4.18 Å². The molecule has 4 rings (SSSR count). The molecule has 0 fully saturated rings. The summed E-state index contributed by atoms with van der Waals surface area (Å²) in [5, 5.41) is 10.4. The summed E-state index contributed by atoms with van der Waals surface area (Å²) in [6.07, 6.45) is 7.84. The largest absolute Gasteiger partial charge is 0.534 e. The lowest BCUT2D eigenvalue weighted by atomic mass is 9.69. The lowest BCUT2D eigenvalue weighted by Crippen LogP contribution is -2.47. The summed E-state index contributed by atoms with van der Waals surface area (Å²) in [5.41, 5.74) is 5.40. The van der Waals surface area contributed by atoms with Crippen LogP contribution in [0.15, 0.2) is 72.8 Å². The molecular weight excluding hydrogens is 1020 g/mol. The highest BCUT2D eigenvalue weighted by atomic mass is 32.2. The predicted molar refractivity (Wildman–Crippen MR) is 324 cm³/mol. The van der Waals surface area contributed by atoms with Crippen molar-refractivity contribution in [3.63, 3.8) is 0 Å². The Morgan fingerprint density at radius 2 is 0.805 bits per heavy atom. The number of phenolic OH excluding ortho intramolecular Hbond substituents is 1. The molecule has 1 N–H and O–H groups in total. The molecule has 12 heteroatoms. The van der Waals surface area contributed by atoms with Crippen molar-refractivity contribution in [2.24, 2.45) is 10.8 Å². The lowest BCUT2D eigenvalue weighted by molar-refractivity contribution is -0.0500. The van der Waals surface area contributed by atoms with Crippen molar-refractivity contribution in [2.75, 3.05) is 0 Å². The van der Waals surface area contributed by atoms with Crippen molar-refractivity contribution in [2.45, 2.75) is 255 Å². The fourth-order valence-corrected chi connectivity index (χ4v) is 13.7. The summed E-state index contributed by atoms with van der Waals surface area (Å²) in [4.78, 5) is 0. The molecule has 0 aliphatic heterocycles. The van der Waals surface area contributed by atoms with Gasteiger partial charge in [-0.2, -0.15) is 21.6 Å². The van der Waals surface area contributed by atoms with Gasteiger partial charge < -0.3 is 18.1 Å². The van der Waals surface area contributed by atoms with Gasteiger partial charge in [0.25, 0.3) is 0 Å². The summed E-state index contributed by atoms with van der Waals surface area (Å²) < 4.78 is 80.0. The van der Waals surface area contributed by atoms with E-state index in [1.807, 2.05) is 13.0 Å². The first kappa shape index (κ1) is 67.8. The van der Waals surface area contributed by atoms with Gasteiger partial charge >= 0.3 is 15.6 Å². The number of alkyl halides is 3. The minimum Gasteiger partial charge on any atom is -0.508 e. The highest BCUT2D eigenvalue weighted by Gasteiger charge is 2.49. The summed E-state index contributed by atoms with van der Waals surface area (Å²) in [6, 6.07) is 24.5. The Balaban J connectivity index is 0.000000412. The van der Waals surface area contributed by atoms with Crippen molar-refractivity contribution in [3.05, 3.63) is 128 Å². The first-order valence-corrected chi connectivity index (χ1v) is 35.6. The predicted octanol–water partition coefficient (Wildman–Crippen LogP) is 19.5. The van der Waals surface area contributed by atoms with Crippen LogP contribution in [0, 0.1) is 38.5 Å². The van der Waals surface area contributed by atoms with E-state index in [1.165, 1.54) is 39.4 Å². The van der Waals surface area contributed by atoms with E-state index in [0.29, 0.717) is 11.3 Å². The second-order valence-corrected chi connectivity index (χ2v) is 38.4. The Hall–Kier alpha value is -3.43. The van der Waals surface area contributed by atoms with Crippen LogP contribution in [0.4, 0.5) is 13.2 Å². The summed E-state index contributed by atoms with van der Waals surface area (Å²) in [7, 11) is -9.52. The van der Waals surface area contributed by atoms with Gasteiger partial charge in [-0.05, 0) is 194 Å². The monoisotopic (exact) mass is 1120 g/mol. The van der Waals surface area contributed by atoms with Crippen LogP contribution in [0.25, 0.3) is 0 Å². The van der Waals surface area contributed by atoms with Crippen LogP contribution in [-0.4, -0.2) is 47.9 Å². The van der Waals surface area contributed by atoms with Crippen molar-refractivity contribution in [1.29, 1.82) is 0 Å². The van der Waals surface area contributed by atoms with Gasteiger partial charge in [0, 0.05) is 10.8 Å². The van der Waals surface area contributed by atoms with Crippen LogP contribution in [-0.2, 0) is 42.6 Å². The normalized spacial score (nSPS) is 14.5. The molecule has 2 atom stereocenters. The number of halogens is 3. The third kappa shape index (κ3) is 16.4. The molecule has 0 aromatic heterocycles. The molecule has 0 amide bonds. The summed E-state index contributed by atoms with van der Waals surface area (Å²) >= 11 is 0. The van der Waals surface area contributed by atoms with Crippen LogP contribution in [0.5, 0.6) is 11.5 Å². The van der Waals surface area contributed by atoms with E-state index in [4.69, 9.17) is 8.85 Å². The SMILES string of the molecule is CCC(CC)(c1ccc(CCC(O[Si](C)(C)C(C)(C)C)C(C)(C)C)c(C)c1)c1ccc(OS(=O)(=O)C(F)(F)F)c(C)c1.CCC(CC)(c1ccc(O)c(C)c1)c1ccc(CCC(O[Si](C)(C)C(C)(C)C)C(C)(C)C)c(C)c1. The van der Waals surface area contributed by atoms with Gasteiger partial charge in [-0.25, -0.2) is 0 Å². The third-order valence-corrected chi connectivity index (χ3v) is 27.9. The van der Waals surface area contributed by atoms with E-state index in [2.05, 4.69) is 204 Å². The summed E-state index contributed by atoms with van der Waals surface area (Å²) in [6.45, 7) is 53.5. The molecule has 0 spiro atoms. The zero-order valence-corrected chi connectivity index (χ0v) is 55.1. The van der Waals surface area contributed by atoms with Gasteiger partial charge in [0.15, 0.2) is 16.6 Å². The Bertz CT molecular complexity index is 2690. The Labute approximate surface area is 469 Å². The fourth-order valence-electron chi connectivity index (χ4n) is 10.1. The second-order valence-electron chi connectivity index (χ2n) is 27.4. The molecule has 0 bridgehead atoms. The van der Waals surface area contributed by atoms with E-state index in [0.717, 1.165) is 68.1 Å². The first-order valence-electron chi connectivity index (χ1n) is 28.4. The summed E-state index contributed by atoms with van der Waals surface area (Å²) in [5.74, 6) is 0.0479. The van der Waals surface area contributed by atoms with E-state index in [9.17, 15) is 26.7 Å². The molecule has 0 saturated heterocycles. The van der Waals surface area contributed by atoms with Gasteiger partial charge in [0.1, 0.15) is 11.5 Å². The third-order valence-electron chi connectivity index (χ3n) is 17.9. The Kier molecular flexibility index (Phi) is 22.2. The molecule has 4 aromatic rings. The number of hydrogen-bond donors (Lipinski definition) is 1. The van der Waals surface area contributed by atoms with Gasteiger partial charge in [0.05, 0.1) is 12.2 Å². The minimum absolute atomic E-state index is 0.0100. The molecule has 0 aliphatic carbocycles. The number of phenols is 1. The van der Waals surface area contributed by atoms with Crippen LogP contribution in [0.2, 0.25) is 36.3 Å². The molecule has 0 aliphatic rings. The molecule has 6 nitrogen and oxygen atoms in total. The lowest BCUT2D eigenvalue weighted by Gasteiger charge is -2.43. The van der Waals surface area contributed by atoms with E-state index < -0.39 is 37.7 Å². The molecule has 434 valence electrons. The number of hydrogen-bond acceptors (Lipinski definition) is 6. The van der Waals surface area contributed by atoms with Gasteiger partial charge in [0.2, 0.25) is 0 Å². The maximum atomic E-state index is 12.9. The van der Waals surface area contributed by atoms with Crippen molar-refractivity contribution in [3.8, 4) is 11.5 Å². The van der Waals surface area contributed by atoms with Crippen LogP contribution >= 0.6 is 0 Å². The Morgan fingerprint density at radius 1 is 0.494 bits per heavy atom. The second kappa shape index (κ2) is 25.2. The van der Waals surface area contributed by atoms with Gasteiger partial charge in [-0.1, -0.05) is 171 Å². The highest BCUT2D eigenvalue weighted by Crippen LogP contribution is 2.46. The fraction of sp³-hybridized carbons (Fsp3) is 0.631. The van der Waals surface area contributed by atoms with E-state index in [-0.39, 0.29) is 44.3 Å². The highest BCUT2D eigenvalue weighted by molar-refractivity contribution is 7.88. The first-order chi connectivity index (χ1) is 34.9. The van der Waals surface area contributed by atoms with E-state index >= 15 is 0 Å². The minimum atomic E-state index is -5.74. The van der Waals surface area contributed by atoms with E-state index in [1.54, 1.807) is 19.1 Å². The molecule has 0 radical (unpaired) electrons. The average molecular weight is 1130 g/mol. The molecular formula is C65H103F3O6SSi2. The molecule has 0 saturated carbocycles. The number of benzene rings is 4. The zero-order valence-electron chi connectivity index (χ0n) is 52.3. The topological polar surface area (TPSA) is 82.1 Å². The standard InChI is InChI=1S/C33H51F3O4SSi.C32H52O2Si/c1-13-32(14-2,27-18-19-28(24(4)22-27)39-41(37,38)33(34,35)36)26-17-15-25(23(3)21-26)16-20-29(30(5,6)7)40-42(11,12)31(8,9)10;1-13-32(14-2,27-18-19-28(33)24(4)22-27)26-17-15-25(23(3)21-26)16-20-29(30(5,6)7)34-35(11,12)31(8,9)10/h15,17-19,21-22,29H,13-14,16,20H2,1-12H3;15,17-19,21-22,29,33H,13-14,16,20H2,1-12H3. The molecule has 2 unspecified atom stereocenters. The van der Waals surface area contributed by atoms with Crippen molar-refractivity contribution >= 4 is 26.8 Å². The maximum Gasteiger partial charge on any atom is 0.534 e. The maximum absolute atomic E-state index is 12.9. The van der Waals surface area contributed by atoms with Crippen LogP contribution in [0.1, 0.15) is 205 Å². The van der Waals surface area contributed by atoms with Gasteiger partial charge in [-0.3, -0.25) is 0 Å².